The average Bonchev–Trinajstić information content (AvgIpc) is 2.73. The van der Waals surface area contributed by atoms with Gasteiger partial charge in [0.25, 0.3) is 0 Å². The second-order valence-electron chi connectivity index (χ2n) is 6.37. The normalized spacial score (nSPS) is 10.6. The number of methoxy groups -OCH3 is 3. The highest BCUT2D eigenvalue weighted by atomic mass is 79.9. The van der Waals surface area contributed by atoms with Crippen LogP contribution >= 0.6 is 0 Å². The molecule has 0 saturated heterocycles. The van der Waals surface area contributed by atoms with Crippen molar-refractivity contribution in [1.82, 2.24) is 0 Å². The second-order valence-corrected chi connectivity index (χ2v) is 6.37. The summed E-state index contributed by atoms with van der Waals surface area (Å²) in [5.74, 6) is 2.50. The summed E-state index contributed by atoms with van der Waals surface area (Å²) in [6.45, 7) is 0. The van der Waals surface area contributed by atoms with Crippen LogP contribution in [0.4, 0.5) is 0 Å². The van der Waals surface area contributed by atoms with E-state index in [0.717, 1.165) is 50.2 Å². The maximum atomic E-state index is 5.73. The molecule has 0 radical (unpaired) electrons. The summed E-state index contributed by atoms with van der Waals surface area (Å²) in [6.07, 6.45) is 0. The molecule has 0 atom stereocenters. The number of fused-ring (bicyclic) bond motifs is 2. The van der Waals surface area contributed by atoms with E-state index in [-0.39, 0.29) is 17.0 Å². The Morgan fingerprint density at radius 2 is 1.14 bits per heavy atom. The standard InChI is InChI=1S/C23H22NO3.BrH/c1-24-17-7-5-9-19(26-3)22(17)21(15-11-13-16(25-2)14-12-15)23-18(24)8-6-10-20(23)27-4;/h5-14H,1-4H3;1H/q+1;/p-1. The number of hydrogen-bond acceptors (Lipinski definition) is 3. The fourth-order valence-corrected chi connectivity index (χ4v) is 3.74. The van der Waals surface area contributed by atoms with Crippen molar-refractivity contribution >= 4 is 21.8 Å². The fraction of sp³-hybridized carbons (Fsp3) is 0.174. The molecule has 3 aromatic carbocycles. The number of aromatic nitrogens is 1. The summed E-state index contributed by atoms with van der Waals surface area (Å²) in [6, 6.07) is 20.4. The molecular formula is C23H22BrNO3. The third-order valence-corrected chi connectivity index (χ3v) is 5.05. The highest BCUT2D eigenvalue weighted by Crippen LogP contribution is 2.42. The van der Waals surface area contributed by atoms with Gasteiger partial charge in [-0.15, -0.1) is 0 Å². The lowest BCUT2D eigenvalue weighted by molar-refractivity contribution is -0.617. The zero-order valence-corrected chi connectivity index (χ0v) is 17.9. The van der Waals surface area contributed by atoms with Crippen LogP contribution in [0.5, 0.6) is 17.2 Å². The highest BCUT2D eigenvalue weighted by molar-refractivity contribution is 6.11. The minimum absolute atomic E-state index is 0. The molecule has 0 N–H and O–H groups in total. The maximum Gasteiger partial charge on any atom is 0.217 e. The molecule has 4 aromatic rings. The van der Waals surface area contributed by atoms with Gasteiger partial charge >= 0.3 is 0 Å². The van der Waals surface area contributed by atoms with E-state index in [1.807, 2.05) is 36.4 Å². The van der Waals surface area contributed by atoms with E-state index in [9.17, 15) is 0 Å². The molecule has 28 heavy (non-hydrogen) atoms. The first kappa shape index (κ1) is 20.0. The van der Waals surface area contributed by atoms with E-state index in [1.54, 1.807) is 21.3 Å². The van der Waals surface area contributed by atoms with E-state index in [4.69, 9.17) is 14.2 Å². The predicted octanol–water partition coefficient (Wildman–Crippen LogP) is 1.51. The number of halogens is 1. The van der Waals surface area contributed by atoms with Crippen molar-refractivity contribution in [3.05, 3.63) is 60.7 Å². The molecule has 5 heteroatoms. The lowest BCUT2D eigenvalue weighted by atomic mass is 9.94. The topological polar surface area (TPSA) is 31.6 Å². The number of nitrogens with zero attached hydrogens (tertiary/aromatic N) is 1. The third kappa shape index (κ3) is 3.06. The molecule has 144 valence electrons. The third-order valence-electron chi connectivity index (χ3n) is 5.05. The first-order valence-electron chi connectivity index (χ1n) is 8.79. The van der Waals surface area contributed by atoms with Crippen LogP contribution in [-0.2, 0) is 7.05 Å². The van der Waals surface area contributed by atoms with Gasteiger partial charge in [0, 0.05) is 17.7 Å². The molecule has 1 heterocycles. The van der Waals surface area contributed by atoms with E-state index in [2.05, 4.69) is 35.9 Å². The minimum atomic E-state index is 0. The van der Waals surface area contributed by atoms with Gasteiger partial charge in [0.05, 0.1) is 32.1 Å². The number of benzene rings is 3. The molecular weight excluding hydrogens is 418 g/mol. The number of rotatable bonds is 4. The molecule has 0 saturated carbocycles. The fourth-order valence-electron chi connectivity index (χ4n) is 3.74. The quantitative estimate of drug-likeness (QED) is 0.356. The van der Waals surface area contributed by atoms with Gasteiger partial charge < -0.3 is 31.2 Å². The zero-order valence-electron chi connectivity index (χ0n) is 16.3. The molecule has 0 aliphatic carbocycles. The summed E-state index contributed by atoms with van der Waals surface area (Å²) in [4.78, 5) is 0. The Balaban J connectivity index is 0.00000225. The molecule has 4 nitrogen and oxygen atoms in total. The van der Waals surface area contributed by atoms with Crippen molar-refractivity contribution in [3.63, 3.8) is 0 Å². The molecule has 0 aliphatic heterocycles. The Morgan fingerprint density at radius 1 is 0.643 bits per heavy atom. The largest absolute Gasteiger partial charge is 1.00 e. The zero-order chi connectivity index (χ0) is 19.0. The van der Waals surface area contributed by atoms with Gasteiger partial charge in [0.2, 0.25) is 11.0 Å². The van der Waals surface area contributed by atoms with E-state index in [0.29, 0.717) is 0 Å². The monoisotopic (exact) mass is 439 g/mol. The van der Waals surface area contributed by atoms with Gasteiger partial charge in [-0.3, -0.25) is 0 Å². The Morgan fingerprint density at radius 3 is 1.57 bits per heavy atom. The van der Waals surface area contributed by atoms with E-state index >= 15 is 0 Å². The van der Waals surface area contributed by atoms with Crippen molar-refractivity contribution in [1.29, 1.82) is 0 Å². The maximum absolute atomic E-state index is 5.73. The lowest BCUT2D eigenvalue weighted by Crippen LogP contribution is -3.00. The van der Waals surface area contributed by atoms with Crippen LogP contribution in [0.3, 0.4) is 0 Å². The van der Waals surface area contributed by atoms with Crippen LogP contribution in [0, 0.1) is 0 Å². The second kappa shape index (κ2) is 8.07. The summed E-state index contributed by atoms with van der Waals surface area (Å²) >= 11 is 0. The first-order valence-corrected chi connectivity index (χ1v) is 8.79. The summed E-state index contributed by atoms with van der Waals surface area (Å²) in [7, 11) is 7.16. The highest BCUT2D eigenvalue weighted by Gasteiger charge is 2.24. The number of aryl methyl sites for hydroxylation is 1. The Hall–Kier alpha value is -2.79. The van der Waals surface area contributed by atoms with Crippen molar-refractivity contribution in [2.24, 2.45) is 7.05 Å². The van der Waals surface area contributed by atoms with Crippen LogP contribution < -0.4 is 35.8 Å². The molecule has 0 bridgehead atoms. The van der Waals surface area contributed by atoms with Crippen molar-refractivity contribution in [3.8, 4) is 28.4 Å². The molecule has 1 aromatic heterocycles. The molecule has 0 unspecified atom stereocenters. The van der Waals surface area contributed by atoms with Crippen LogP contribution in [-0.4, -0.2) is 21.3 Å². The summed E-state index contributed by atoms with van der Waals surface area (Å²) < 4.78 is 19.0. The van der Waals surface area contributed by atoms with Gasteiger partial charge in [-0.05, 0) is 29.8 Å². The predicted molar refractivity (Wildman–Crippen MR) is 108 cm³/mol. The van der Waals surface area contributed by atoms with Gasteiger partial charge in [0.15, 0.2) is 0 Å². The molecule has 0 fully saturated rings. The smallest absolute Gasteiger partial charge is 0.217 e. The number of hydrogen-bond donors (Lipinski definition) is 0. The van der Waals surface area contributed by atoms with Crippen LogP contribution in [0.25, 0.3) is 32.9 Å². The van der Waals surface area contributed by atoms with Crippen molar-refractivity contribution in [2.45, 2.75) is 0 Å². The van der Waals surface area contributed by atoms with Crippen molar-refractivity contribution in [2.75, 3.05) is 21.3 Å². The van der Waals surface area contributed by atoms with Crippen LogP contribution in [0.2, 0.25) is 0 Å². The molecule has 0 spiro atoms. The summed E-state index contributed by atoms with van der Waals surface area (Å²) in [5.41, 5.74) is 4.37. The minimum Gasteiger partial charge on any atom is -1.00 e. The molecule has 0 aliphatic rings. The van der Waals surface area contributed by atoms with Gasteiger partial charge in [-0.25, -0.2) is 0 Å². The van der Waals surface area contributed by atoms with Gasteiger partial charge in [0.1, 0.15) is 24.3 Å². The Labute approximate surface area is 175 Å². The van der Waals surface area contributed by atoms with Crippen LogP contribution in [0.15, 0.2) is 60.7 Å². The van der Waals surface area contributed by atoms with Gasteiger partial charge in [-0.2, -0.15) is 4.57 Å². The SMILES string of the molecule is COc1ccc(-c2c3c(OC)cccc3[n+](C)c3cccc(OC)c23)cc1.[Br-]. The van der Waals surface area contributed by atoms with Crippen molar-refractivity contribution < 1.29 is 35.8 Å². The first-order chi connectivity index (χ1) is 13.2. The lowest BCUT2D eigenvalue weighted by Gasteiger charge is -2.15. The molecule has 0 amide bonds. The van der Waals surface area contributed by atoms with Gasteiger partial charge in [-0.1, -0.05) is 24.3 Å². The Kier molecular flexibility index (Phi) is 5.75. The summed E-state index contributed by atoms with van der Waals surface area (Å²) in [5, 5.41) is 2.12. The number of pyridine rings is 1. The average molecular weight is 440 g/mol. The Bertz CT molecular complexity index is 1080. The number of ether oxygens (including phenoxy) is 3. The van der Waals surface area contributed by atoms with E-state index < -0.39 is 0 Å². The van der Waals surface area contributed by atoms with E-state index in [1.165, 1.54) is 0 Å². The van der Waals surface area contributed by atoms with Crippen LogP contribution in [0.1, 0.15) is 0 Å². The molecule has 4 rings (SSSR count).